The number of hydrogen-bond donors (Lipinski definition) is 1. The molecule has 1 aliphatic rings. The van der Waals surface area contributed by atoms with Crippen LogP contribution >= 0.6 is 11.8 Å². The zero-order chi connectivity index (χ0) is 17.3. The summed E-state index contributed by atoms with van der Waals surface area (Å²) in [6.45, 7) is 2.04. The lowest BCUT2D eigenvalue weighted by molar-refractivity contribution is 0.0679. The molecule has 0 saturated carbocycles. The largest absolute Gasteiger partial charge is 0.491 e. The fourth-order valence-electron chi connectivity index (χ4n) is 2.62. The van der Waals surface area contributed by atoms with Gasteiger partial charge in [0.2, 0.25) is 0 Å². The monoisotopic (exact) mass is 357 g/mol. The van der Waals surface area contributed by atoms with Gasteiger partial charge in [-0.25, -0.2) is 0 Å². The standard InChI is InChI=1S/C20H23NO3S/c22-20(21-12-14-25-19-6-2-1-3-7-19)16-8-10-17(11-9-16)24-15-18-5-4-13-23-18/h1-3,6-11,18H,4-5,12-15H2,(H,21,22). The normalized spacial score (nSPS) is 16.6. The van der Waals surface area contributed by atoms with Crippen molar-refractivity contribution in [3.05, 3.63) is 60.2 Å². The Morgan fingerprint density at radius 2 is 1.96 bits per heavy atom. The van der Waals surface area contributed by atoms with E-state index in [4.69, 9.17) is 9.47 Å². The smallest absolute Gasteiger partial charge is 0.251 e. The molecule has 1 aliphatic heterocycles. The van der Waals surface area contributed by atoms with E-state index < -0.39 is 0 Å². The van der Waals surface area contributed by atoms with Crippen LogP contribution in [0, 0.1) is 0 Å². The summed E-state index contributed by atoms with van der Waals surface area (Å²) in [6.07, 6.45) is 2.36. The van der Waals surface area contributed by atoms with Crippen molar-refractivity contribution < 1.29 is 14.3 Å². The van der Waals surface area contributed by atoms with E-state index in [1.165, 1.54) is 4.90 Å². The molecular weight excluding hydrogens is 334 g/mol. The molecule has 1 heterocycles. The van der Waals surface area contributed by atoms with Crippen molar-refractivity contribution >= 4 is 17.7 Å². The van der Waals surface area contributed by atoms with Crippen molar-refractivity contribution in [2.75, 3.05) is 25.5 Å². The van der Waals surface area contributed by atoms with Crippen molar-refractivity contribution in [2.45, 2.75) is 23.8 Å². The average Bonchev–Trinajstić information content (AvgIpc) is 3.18. The van der Waals surface area contributed by atoms with Crippen LogP contribution in [0.5, 0.6) is 5.75 Å². The molecule has 25 heavy (non-hydrogen) atoms. The molecule has 1 saturated heterocycles. The second-order valence-electron chi connectivity index (χ2n) is 5.89. The molecule has 0 aromatic heterocycles. The highest BCUT2D eigenvalue weighted by molar-refractivity contribution is 7.99. The zero-order valence-electron chi connectivity index (χ0n) is 14.1. The average molecular weight is 357 g/mol. The highest BCUT2D eigenvalue weighted by atomic mass is 32.2. The second-order valence-corrected chi connectivity index (χ2v) is 7.06. The molecule has 0 aliphatic carbocycles. The van der Waals surface area contributed by atoms with E-state index in [-0.39, 0.29) is 12.0 Å². The number of carbonyl (C=O) groups excluding carboxylic acids is 1. The predicted octanol–water partition coefficient (Wildman–Crippen LogP) is 3.77. The summed E-state index contributed by atoms with van der Waals surface area (Å²) in [6, 6.07) is 17.4. The Bertz CT molecular complexity index is 654. The minimum atomic E-state index is -0.0562. The van der Waals surface area contributed by atoms with Crippen molar-refractivity contribution in [1.29, 1.82) is 0 Å². The fraction of sp³-hybridized carbons (Fsp3) is 0.350. The number of amides is 1. The number of nitrogens with one attached hydrogen (secondary N) is 1. The summed E-state index contributed by atoms with van der Waals surface area (Å²) in [5.41, 5.74) is 0.647. The molecule has 3 rings (SSSR count). The first-order chi connectivity index (χ1) is 12.3. The SMILES string of the molecule is O=C(NCCSc1ccccc1)c1ccc(OCC2CCCO2)cc1. The van der Waals surface area contributed by atoms with Gasteiger partial charge in [-0.1, -0.05) is 18.2 Å². The van der Waals surface area contributed by atoms with Crippen LogP contribution in [0.2, 0.25) is 0 Å². The van der Waals surface area contributed by atoms with Crippen LogP contribution in [0.3, 0.4) is 0 Å². The van der Waals surface area contributed by atoms with Crippen LogP contribution < -0.4 is 10.1 Å². The minimum Gasteiger partial charge on any atom is -0.491 e. The van der Waals surface area contributed by atoms with E-state index in [2.05, 4.69) is 17.4 Å². The molecule has 4 nitrogen and oxygen atoms in total. The van der Waals surface area contributed by atoms with Crippen LogP contribution in [0.25, 0.3) is 0 Å². The number of ether oxygens (including phenoxy) is 2. The predicted molar refractivity (Wildman–Crippen MR) is 100 cm³/mol. The third-order valence-electron chi connectivity index (χ3n) is 3.98. The highest BCUT2D eigenvalue weighted by Gasteiger charge is 2.16. The quantitative estimate of drug-likeness (QED) is 0.577. The van der Waals surface area contributed by atoms with Crippen LogP contribution in [0.15, 0.2) is 59.5 Å². The van der Waals surface area contributed by atoms with Crippen LogP contribution in [0.1, 0.15) is 23.2 Å². The Morgan fingerprint density at radius 3 is 2.68 bits per heavy atom. The van der Waals surface area contributed by atoms with Crippen molar-refractivity contribution in [3.63, 3.8) is 0 Å². The van der Waals surface area contributed by atoms with Gasteiger partial charge in [-0.05, 0) is 49.2 Å². The molecule has 5 heteroatoms. The Balaban J connectivity index is 1.38. The Hall–Kier alpha value is -1.98. The van der Waals surface area contributed by atoms with E-state index >= 15 is 0 Å². The van der Waals surface area contributed by atoms with Gasteiger partial charge in [0, 0.05) is 29.4 Å². The Labute approximate surface area is 152 Å². The highest BCUT2D eigenvalue weighted by Crippen LogP contribution is 2.17. The molecule has 1 fully saturated rings. The van der Waals surface area contributed by atoms with Crippen LogP contribution in [0.4, 0.5) is 0 Å². The van der Waals surface area contributed by atoms with Gasteiger partial charge in [-0.15, -0.1) is 11.8 Å². The number of rotatable bonds is 8. The van der Waals surface area contributed by atoms with Gasteiger partial charge in [0.05, 0.1) is 6.10 Å². The Kier molecular flexibility index (Phi) is 6.77. The number of carbonyl (C=O) groups is 1. The van der Waals surface area contributed by atoms with Crippen molar-refractivity contribution in [1.82, 2.24) is 5.32 Å². The van der Waals surface area contributed by atoms with Gasteiger partial charge in [0.1, 0.15) is 12.4 Å². The summed E-state index contributed by atoms with van der Waals surface area (Å²) in [7, 11) is 0. The van der Waals surface area contributed by atoms with Crippen LogP contribution in [-0.2, 0) is 4.74 Å². The summed E-state index contributed by atoms with van der Waals surface area (Å²) in [4.78, 5) is 13.4. The molecule has 1 atom stereocenters. The van der Waals surface area contributed by atoms with E-state index in [0.717, 1.165) is 31.0 Å². The Morgan fingerprint density at radius 1 is 1.16 bits per heavy atom. The molecule has 1 unspecified atom stereocenters. The maximum Gasteiger partial charge on any atom is 0.251 e. The lowest BCUT2D eigenvalue weighted by atomic mass is 10.2. The molecule has 2 aromatic rings. The summed E-state index contributed by atoms with van der Waals surface area (Å²) < 4.78 is 11.2. The summed E-state index contributed by atoms with van der Waals surface area (Å²) in [5, 5.41) is 2.94. The van der Waals surface area contributed by atoms with E-state index in [0.29, 0.717) is 18.7 Å². The lowest BCUT2D eigenvalue weighted by Crippen LogP contribution is -2.25. The van der Waals surface area contributed by atoms with Crippen molar-refractivity contribution in [2.24, 2.45) is 0 Å². The minimum absolute atomic E-state index is 0.0562. The van der Waals surface area contributed by atoms with Gasteiger partial charge in [0.25, 0.3) is 5.91 Å². The van der Waals surface area contributed by atoms with Gasteiger partial charge >= 0.3 is 0 Å². The molecule has 1 amide bonds. The molecule has 0 radical (unpaired) electrons. The van der Waals surface area contributed by atoms with Crippen molar-refractivity contribution in [3.8, 4) is 5.75 Å². The zero-order valence-corrected chi connectivity index (χ0v) is 15.0. The summed E-state index contributed by atoms with van der Waals surface area (Å²) >= 11 is 1.73. The molecular formula is C20H23NO3S. The molecule has 0 bridgehead atoms. The van der Waals surface area contributed by atoms with Gasteiger partial charge < -0.3 is 14.8 Å². The number of benzene rings is 2. The first-order valence-electron chi connectivity index (χ1n) is 8.62. The summed E-state index contributed by atoms with van der Waals surface area (Å²) in [5.74, 6) is 1.56. The van der Waals surface area contributed by atoms with Gasteiger partial charge in [-0.3, -0.25) is 4.79 Å². The van der Waals surface area contributed by atoms with E-state index in [9.17, 15) is 4.79 Å². The molecule has 0 spiro atoms. The second kappa shape index (κ2) is 9.49. The maximum atomic E-state index is 12.2. The molecule has 132 valence electrons. The molecule has 1 N–H and O–H groups in total. The first kappa shape index (κ1) is 17.8. The third-order valence-corrected chi connectivity index (χ3v) is 4.99. The number of thioether (sulfide) groups is 1. The first-order valence-corrected chi connectivity index (χ1v) is 9.60. The fourth-order valence-corrected chi connectivity index (χ4v) is 3.41. The van der Waals surface area contributed by atoms with Crippen LogP contribution in [-0.4, -0.2) is 37.5 Å². The number of hydrogen-bond acceptors (Lipinski definition) is 4. The molecule has 2 aromatic carbocycles. The van der Waals surface area contributed by atoms with Gasteiger partial charge in [-0.2, -0.15) is 0 Å². The third kappa shape index (κ3) is 5.80. The van der Waals surface area contributed by atoms with E-state index in [1.807, 2.05) is 30.3 Å². The van der Waals surface area contributed by atoms with E-state index in [1.54, 1.807) is 23.9 Å². The maximum absolute atomic E-state index is 12.2. The lowest BCUT2D eigenvalue weighted by Gasteiger charge is -2.11. The van der Waals surface area contributed by atoms with Gasteiger partial charge in [0.15, 0.2) is 0 Å². The topological polar surface area (TPSA) is 47.6 Å².